The van der Waals surface area contributed by atoms with Gasteiger partial charge in [0, 0.05) is 16.3 Å². The van der Waals surface area contributed by atoms with Crippen LogP contribution < -0.4 is 0 Å². The maximum atomic E-state index is 11.4. The van der Waals surface area contributed by atoms with Gasteiger partial charge in [-0.15, -0.1) is 10.2 Å². The maximum Gasteiger partial charge on any atom is 0.267 e. The van der Waals surface area contributed by atoms with Gasteiger partial charge in [-0.1, -0.05) is 11.6 Å². The van der Waals surface area contributed by atoms with Gasteiger partial charge in [0.15, 0.2) is 5.69 Å². The van der Waals surface area contributed by atoms with Crippen LogP contribution in [0.1, 0.15) is 12.8 Å². The van der Waals surface area contributed by atoms with E-state index in [-0.39, 0.29) is 23.4 Å². The largest absolute Gasteiger partial charge is 0.493 e. The maximum absolute atomic E-state index is 11.4. The number of H-pyrrole nitrogens is 1. The molecule has 0 atom stereocenters. The summed E-state index contributed by atoms with van der Waals surface area (Å²) >= 11 is 5.89. The normalized spacial score (nSPS) is 15.6. The number of rotatable bonds is 2. The summed E-state index contributed by atoms with van der Waals surface area (Å²) in [5, 5.41) is 18.4. The van der Waals surface area contributed by atoms with Crippen molar-refractivity contribution in [2.45, 2.75) is 12.8 Å². The van der Waals surface area contributed by atoms with Crippen LogP contribution in [-0.4, -0.2) is 16.0 Å². The molecule has 3 rings (SSSR count). The zero-order chi connectivity index (χ0) is 12.7. The molecule has 1 aromatic carbocycles. The second-order valence-corrected chi connectivity index (χ2v) is 4.76. The second-order valence-electron chi connectivity index (χ2n) is 4.32. The summed E-state index contributed by atoms with van der Waals surface area (Å²) in [5.74, 6) is -0.324. The number of hydrogen-bond acceptors (Lipinski definition) is 3. The van der Waals surface area contributed by atoms with E-state index < -0.39 is 0 Å². The highest BCUT2D eigenvalue weighted by molar-refractivity contribution is 6.31. The lowest BCUT2D eigenvalue weighted by atomic mass is 10.2. The molecule has 92 valence electrons. The number of carbonyl (C=O) groups excluding carboxylic acids is 1. The molecule has 0 radical (unpaired) electrons. The topological polar surface area (TPSA) is 77.8 Å². The van der Waals surface area contributed by atoms with Crippen LogP contribution in [0.5, 0.6) is 5.88 Å². The fraction of sp³-hybridized carbons (Fsp3) is 0.250. The van der Waals surface area contributed by atoms with Gasteiger partial charge in [0.1, 0.15) is 0 Å². The molecule has 2 N–H and O–H groups in total. The van der Waals surface area contributed by atoms with Crippen molar-refractivity contribution < 1.29 is 9.90 Å². The van der Waals surface area contributed by atoms with Gasteiger partial charge in [-0.2, -0.15) is 0 Å². The molecule has 5 nitrogen and oxygen atoms in total. The number of aromatic hydroxyl groups is 1. The standard InChI is InChI=1S/C12H10ClN3O2/c13-7-3-4-9-8(5-7)10(12(18)14-9)15-16-11(17)6-1-2-6/h3-6,14,18H,1-2H2. The van der Waals surface area contributed by atoms with Gasteiger partial charge in [-0.3, -0.25) is 4.79 Å². The SMILES string of the molecule is O=C(N=Nc1c(O)[nH]c2ccc(Cl)cc12)C1CC1. The lowest BCUT2D eigenvalue weighted by molar-refractivity contribution is -0.119. The van der Waals surface area contributed by atoms with Crippen molar-refractivity contribution in [1.29, 1.82) is 0 Å². The van der Waals surface area contributed by atoms with E-state index in [1.807, 2.05) is 0 Å². The van der Waals surface area contributed by atoms with E-state index in [1.54, 1.807) is 18.2 Å². The smallest absolute Gasteiger partial charge is 0.267 e. The van der Waals surface area contributed by atoms with E-state index in [1.165, 1.54) is 0 Å². The molecule has 1 saturated carbocycles. The molecule has 1 aliphatic rings. The Morgan fingerprint density at radius 1 is 1.44 bits per heavy atom. The lowest BCUT2D eigenvalue weighted by Gasteiger charge is -1.92. The Morgan fingerprint density at radius 3 is 2.94 bits per heavy atom. The number of nitrogens with zero attached hydrogens (tertiary/aromatic N) is 2. The predicted molar refractivity (Wildman–Crippen MR) is 67.2 cm³/mol. The van der Waals surface area contributed by atoms with Crippen molar-refractivity contribution in [2.24, 2.45) is 16.1 Å². The number of benzene rings is 1. The highest BCUT2D eigenvalue weighted by atomic mass is 35.5. The minimum absolute atomic E-state index is 0.0182. The average Bonchev–Trinajstić information content (AvgIpc) is 3.12. The number of hydrogen-bond donors (Lipinski definition) is 2. The molecule has 0 spiro atoms. The minimum Gasteiger partial charge on any atom is -0.493 e. The number of fused-ring (bicyclic) bond motifs is 1. The van der Waals surface area contributed by atoms with Crippen molar-refractivity contribution in [1.82, 2.24) is 4.98 Å². The Balaban J connectivity index is 2.01. The van der Waals surface area contributed by atoms with Crippen molar-refractivity contribution in [3.8, 4) is 5.88 Å². The van der Waals surface area contributed by atoms with Gasteiger partial charge in [-0.05, 0) is 31.0 Å². The van der Waals surface area contributed by atoms with Gasteiger partial charge in [0.25, 0.3) is 5.91 Å². The van der Waals surface area contributed by atoms with Crippen LogP contribution in [0, 0.1) is 5.92 Å². The number of carbonyl (C=O) groups is 1. The van der Waals surface area contributed by atoms with Gasteiger partial charge >= 0.3 is 0 Å². The van der Waals surface area contributed by atoms with Crippen LogP contribution in [-0.2, 0) is 4.79 Å². The van der Waals surface area contributed by atoms with E-state index in [9.17, 15) is 9.90 Å². The van der Waals surface area contributed by atoms with Crippen molar-refractivity contribution >= 4 is 34.1 Å². The molecule has 2 aromatic rings. The van der Waals surface area contributed by atoms with Gasteiger partial charge in [0.2, 0.25) is 5.88 Å². The molecule has 0 bridgehead atoms. The van der Waals surface area contributed by atoms with Crippen LogP contribution in [0.4, 0.5) is 5.69 Å². The summed E-state index contributed by atoms with van der Waals surface area (Å²) in [6.07, 6.45) is 1.76. The minimum atomic E-state index is -0.231. The Bertz CT molecular complexity index is 659. The third-order valence-electron chi connectivity index (χ3n) is 2.89. The summed E-state index contributed by atoms with van der Waals surface area (Å²) < 4.78 is 0. The van der Waals surface area contributed by atoms with Crippen LogP contribution in [0.15, 0.2) is 28.4 Å². The van der Waals surface area contributed by atoms with Crippen LogP contribution in [0.2, 0.25) is 5.02 Å². The van der Waals surface area contributed by atoms with E-state index >= 15 is 0 Å². The monoisotopic (exact) mass is 263 g/mol. The fourth-order valence-corrected chi connectivity index (χ4v) is 1.92. The highest BCUT2D eigenvalue weighted by Crippen LogP contribution is 2.37. The van der Waals surface area contributed by atoms with Gasteiger partial charge in [0.05, 0.1) is 5.52 Å². The van der Waals surface area contributed by atoms with Crippen molar-refractivity contribution in [3.05, 3.63) is 23.2 Å². The third-order valence-corrected chi connectivity index (χ3v) is 3.12. The Hall–Kier alpha value is -1.88. The molecular weight excluding hydrogens is 254 g/mol. The fourth-order valence-electron chi connectivity index (χ4n) is 1.75. The predicted octanol–water partition coefficient (Wildman–Crippen LogP) is 3.55. The molecule has 1 aromatic heterocycles. The van der Waals surface area contributed by atoms with E-state index in [0.717, 1.165) is 12.8 Å². The van der Waals surface area contributed by atoms with Gasteiger partial charge < -0.3 is 10.1 Å². The summed E-state index contributed by atoms with van der Waals surface area (Å²) in [6.45, 7) is 0. The molecule has 1 amide bonds. The average molecular weight is 264 g/mol. The van der Waals surface area contributed by atoms with E-state index in [4.69, 9.17) is 11.6 Å². The van der Waals surface area contributed by atoms with Crippen LogP contribution in [0.3, 0.4) is 0 Å². The van der Waals surface area contributed by atoms with Crippen molar-refractivity contribution in [3.63, 3.8) is 0 Å². The summed E-state index contributed by atoms with van der Waals surface area (Å²) in [6, 6.07) is 5.11. The molecule has 18 heavy (non-hydrogen) atoms. The van der Waals surface area contributed by atoms with Gasteiger partial charge in [-0.25, -0.2) is 0 Å². The number of amides is 1. The highest BCUT2D eigenvalue weighted by Gasteiger charge is 2.29. The first-order valence-electron chi connectivity index (χ1n) is 5.61. The molecule has 0 aliphatic heterocycles. The van der Waals surface area contributed by atoms with Crippen LogP contribution in [0.25, 0.3) is 10.9 Å². The first-order valence-corrected chi connectivity index (χ1v) is 5.99. The summed E-state index contributed by atoms with van der Waals surface area (Å²) in [7, 11) is 0. The van der Waals surface area contributed by atoms with Crippen LogP contribution >= 0.6 is 11.6 Å². The molecule has 6 heteroatoms. The quantitative estimate of drug-likeness (QED) is 0.813. The Morgan fingerprint density at radius 2 is 2.22 bits per heavy atom. The first-order chi connectivity index (χ1) is 8.65. The number of aromatic nitrogens is 1. The van der Waals surface area contributed by atoms with Crippen molar-refractivity contribution in [2.75, 3.05) is 0 Å². The molecule has 1 heterocycles. The lowest BCUT2D eigenvalue weighted by Crippen LogP contribution is -1.92. The molecule has 1 aliphatic carbocycles. The van der Waals surface area contributed by atoms with E-state index in [0.29, 0.717) is 15.9 Å². The molecule has 1 fully saturated rings. The van der Waals surface area contributed by atoms with E-state index in [2.05, 4.69) is 15.2 Å². The second kappa shape index (κ2) is 4.10. The Labute approximate surface area is 107 Å². The zero-order valence-electron chi connectivity index (χ0n) is 9.35. The first kappa shape index (κ1) is 11.2. The molecular formula is C12H10ClN3O2. The molecule has 0 unspecified atom stereocenters. The number of halogens is 1. The summed E-state index contributed by atoms with van der Waals surface area (Å²) in [5.41, 5.74) is 0.950. The third kappa shape index (κ3) is 1.97. The number of aromatic amines is 1. The number of nitrogens with one attached hydrogen (secondary N) is 1. The summed E-state index contributed by atoms with van der Waals surface area (Å²) in [4.78, 5) is 14.2. The zero-order valence-corrected chi connectivity index (χ0v) is 10.1. The number of azo groups is 1. The molecule has 0 saturated heterocycles. The Kier molecular flexibility index (Phi) is 2.56.